The second-order valence-electron chi connectivity index (χ2n) is 7.41. The molecular weight excluding hydrogens is 425 g/mol. The van der Waals surface area contributed by atoms with Gasteiger partial charge in [-0.2, -0.15) is 0 Å². The van der Waals surface area contributed by atoms with E-state index in [4.69, 9.17) is 17.0 Å². The van der Waals surface area contributed by atoms with E-state index in [1.165, 1.54) is 35.5 Å². The number of nitrogens with zero attached hydrogens (tertiary/aromatic N) is 2. The summed E-state index contributed by atoms with van der Waals surface area (Å²) < 4.78 is 18.6. The van der Waals surface area contributed by atoms with Gasteiger partial charge in [-0.3, -0.25) is 4.79 Å². The van der Waals surface area contributed by atoms with E-state index in [-0.39, 0.29) is 17.8 Å². The van der Waals surface area contributed by atoms with Gasteiger partial charge < -0.3 is 19.9 Å². The molecule has 1 amide bonds. The van der Waals surface area contributed by atoms with Crippen molar-refractivity contribution >= 4 is 51.2 Å². The summed E-state index contributed by atoms with van der Waals surface area (Å²) in [6.45, 7) is 3.76. The molecular formula is C21H24FN3O3S2. The van der Waals surface area contributed by atoms with Gasteiger partial charge in [0.15, 0.2) is 5.11 Å². The minimum Gasteiger partial charge on any atom is -0.465 e. The molecule has 30 heavy (non-hydrogen) atoms. The van der Waals surface area contributed by atoms with Gasteiger partial charge in [-0.1, -0.05) is 0 Å². The Hall–Kier alpha value is -2.52. The summed E-state index contributed by atoms with van der Waals surface area (Å²) in [6.07, 6.45) is 1.58. The fourth-order valence-corrected chi connectivity index (χ4v) is 5.20. The fourth-order valence-electron chi connectivity index (χ4n) is 3.54. The second kappa shape index (κ2) is 8.69. The average Bonchev–Trinajstić information content (AvgIpc) is 3.02. The average molecular weight is 450 g/mol. The van der Waals surface area contributed by atoms with Crippen LogP contribution in [0.2, 0.25) is 0 Å². The Bertz CT molecular complexity index is 1020. The normalized spacial score (nSPS) is 15.4. The first-order chi connectivity index (χ1) is 14.1. The number of rotatable bonds is 3. The third kappa shape index (κ3) is 4.04. The van der Waals surface area contributed by atoms with E-state index in [2.05, 4.69) is 5.32 Å². The van der Waals surface area contributed by atoms with E-state index >= 15 is 0 Å². The summed E-state index contributed by atoms with van der Waals surface area (Å²) in [6, 6.07) is 4.75. The number of esters is 1. The molecule has 0 spiro atoms. The molecule has 6 nitrogen and oxygen atoms in total. The number of halogens is 1. The highest BCUT2D eigenvalue weighted by Crippen LogP contribution is 2.36. The molecule has 2 aromatic rings. The maximum absolute atomic E-state index is 13.7. The molecule has 1 N–H and O–H groups in total. The minimum atomic E-state index is -0.541. The Morgan fingerprint density at radius 2 is 2.07 bits per heavy atom. The van der Waals surface area contributed by atoms with Crippen LogP contribution < -0.4 is 10.2 Å². The van der Waals surface area contributed by atoms with E-state index in [1.807, 2.05) is 11.8 Å². The van der Waals surface area contributed by atoms with Crippen LogP contribution in [0.3, 0.4) is 0 Å². The maximum Gasteiger partial charge on any atom is 0.341 e. The van der Waals surface area contributed by atoms with Gasteiger partial charge in [-0.05, 0) is 68.2 Å². The van der Waals surface area contributed by atoms with Crippen molar-refractivity contribution in [3.8, 4) is 0 Å². The number of hydrogen-bond donors (Lipinski definition) is 1. The van der Waals surface area contributed by atoms with Crippen LogP contribution >= 0.6 is 23.6 Å². The molecule has 0 aliphatic carbocycles. The molecule has 3 rings (SSSR count). The lowest BCUT2D eigenvalue weighted by atomic mass is 9.97. The Kier molecular flexibility index (Phi) is 6.42. The zero-order valence-corrected chi connectivity index (χ0v) is 19.2. The molecule has 0 bridgehead atoms. The van der Waals surface area contributed by atoms with Crippen molar-refractivity contribution in [2.24, 2.45) is 0 Å². The van der Waals surface area contributed by atoms with Gasteiger partial charge in [-0.25, -0.2) is 9.18 Å². The fraction of sp³-hybridized carbons (Fsp3) is 0.381. The van der Waals surface area contributed by atoms with Gasteiger partial charge in [-0.15, -0.1) is 11.3 Å². The first kappa shape index (κ1) is 22.2. The number of benzene rings is 1. The van der Waals surface area contributed by atoms with Crippen LogP contribution in [0, 0.1) is 12.7 Å². The van der Waals surface area contributed by atoms with Gasteiger partial charge >= 0.3 is 5.97 Å². The van der Waals surface area contributed by atoms with Crippen LogP contribution in [-0.4, -0.2) is 49.1 Å². The van der Waals surface area contributed by atoms with Gasteiger partial charge in [0.2, 0.25) is 0 Å². The number of amides is 1. The topological polar surface area (TPSA) is 61.9 Å². The maximum atomic E-state index is 13.7. The van der Waals surface area contributed by atoms with Crippen LogP contribution in [0.4, 0.5) is 15.1 Å². The number of nitrogens with one attached hydrogen (secondary N) is 1. The van der Waals surface area contributed by atoms with Gasteiger partial charge in [0.1, 0.15) is 10.8 Å². The predicted octanol–water partition coefficient (Wildman–Crippen LogP) is 4.22. The number of carbonyl (C=O) groups excluding carboxylic acids is 2. The third-order valence-electron chi connectivity index (χ3n) is 5.15. The van der Waals surface area contributed by atoms with Gasteiger partial charge in [0, 0.05) is 25.8 Å². The summed E-state index contributed by atoms with van der Waals surface area (Å²) in [5.74, 6) is -1.02. The summed E-state index contributed by atoms with van der Waals surface area (Å²) in [7, 11) is 4.61. The highest BCUT2D eigenvalue weighted by atomic mass is 32.1. The van der Waals surface area contributed by atoms with Crippen LogP contribution in [0.1, 0.15) is 44.5 Å². The lowest BCUT2D eigenvalue weighted by molar-refractivity contribution is 0.0601. The minimum absolute atomic E-state index is 0.0912. The van der Waals surface area contributed by atoms with Crippen molar-refractivity contribution in [3.63, 3.8) is 0 Å². The van der Waals surface area contributed by atoms with Crippen molar-refractivity contribution < 1.29 is 18.7 Å². The van der Waals surface area contributed by atoms with Crippen molar-refractivity contribution in [2.75, 3.05) is 31.4 Å². The summed E-state index contributed by atoms with van der Waals surface area (Å²) in [4.78, 5) is 28.8. The Labute approximate surface area is 184 Å². The standard InChI is InChI=1S/C21H24FN3O3S2/c1-11-6-7-13-10-14(22)8-9-15(13)25(11)21(29)23-18-16(20(27)28-5)12(2)17(30-18)19(26)24(3)4/h8-11H,6-7H2,1-5H3,(H,23,29). The number of ether oxygens (including phenoxy) is 1. The van der Waals surface area contributed by atoms with E-state index in [0.29, 0.717) is 26.1 Å². The monoisotopic (exact) mass is 449 g/mol. The lowest BCUT2D eigenvalue weighted by Crippen LogP contribution is -2.44. The van der Waals surface area contributed by atoms with Crippen LogP contribution in [0.15, 0.2) is 18.2 Å². The smallest absolute Gasteiger partial charge is 0.341 e. The zero-order chi connectivity index (χ0) is 22.2. The quantitative estimate of drug-likeness (QED) is 0.559. The Balaban J connectivity index is 2.00. The highest BCUT2D eigenvalue weighted by Gasteiger charge is 2.30. The van der Waals surface area contributed by atoms with Gasteiger partial charge in [0.25, 0.3) is 5.91 Å². The number of thiophene rings is 1. The molecule has 9 heteroatoms. The molecule has 0 fully saturated rings. The van der Waals surface area contributed by atoms with Crippen LogP contribution in [-0.2, 0) is 11.2 Å². The van der Waals surface area contributed by atoms with E-state index < -0.39 is 5.97 Å². The van der Waals surface area contributed by atoms with E-state index in [0.717, 1.165) is 24.1 Å². The number of fused-ring (bicyclic) bond motifs is 1. The predicted molar refractivity (Wildman–Crippen MR) is 121 cm³/mol. The number of thiocarbonyl (C=S) groups is 1. The first-order valence-corrected chi connectivity index (χ1v) is 10.7. The van der Waals surface area contributed by atoms with Gasteiger partial charge in [0.05, 0.1) is 17.6 Å². The summed E-state index contributed by atoms with van der Waals surface area (Å²) >= 11 is 6.84. The lowest BCUT2D eigenvalue weighted by Gasteiger charge is -2.37. The second-order valence-corrected chi connectivity index (χ2v) is 8.82. The van der Waals surface area contributed by atoms with Crippen LogP contribution in [0.25, 0.3) is 0 Å². The van der Waals surface area contributed by atoms with Crippen molar-refractivity contribution in [1.29, 1.82) is 0 Å². The number of carbonyl (C=O) groups is 2. The third-order valence-corrected chi connectivity index (χ3v) is 6.64. The number of hydrogen-bond acceptors (Lipinski definition) is 5. The molecule has 0 saturated carbocycles. The molecule has 2 heterocycles. The Morgan fingerprint density at radius 3 is 2.70 bits per heavy atom. The molecule has 1 atom stereocenters. The van der Waals surface area contributed by atoms with E-state index in [9.17, 15) is 14.0 Å². The molecule has 1 aliphatic heterocycles. The Morgan fingerprint density at radius 1 is 1.37 bits per heavy atom. The molecule has 1 aromatic heterocycles. The van der Waals surface area contributed by atoms with Crippen molar-refractivity contribution in [3.05, 3.63) is 45.6 Å². The molecule has 0 saturated heterocycles. The summed E-state index contributed by atoms with van der Waals surface area (Å²) in [5, 5.41) is 3.98. The highest BCUT2D eigenvalue weighted by molar-refractivity contribution is 7.80. The molecule has 0 radical (unpaired) electrons. The number of anilines is 2. The largest absolute Gasteiger partial charge is 0.465 e. The molecule has 160 valence electrons. The zero-order valence-electron chi connectivity index (χ0n) is 17.5. The van der Waals surface area contributed by atoms with Crippen molar-refractivity contribution in [2.45, 2.75) is 32.7 Å². The number of aryl methyl sites for hydroxylation is 1. The SMILES string of the molecule is COC(=O)c1c(NC(=S)N2c3ccc(F)cc3CCC2C)sc(C(=O)N(C)C)c1C. The molecule has 1 unspecified atom stereocenters. The molecule has 1 aliphatic rings. The first-order valence-electron chi connectivity index (χ1n) is 9.47. The summed E-state index contributed by atoms with van der Waals surface area (Å²) in [5.41, 5.74) is 2.56. The van der Waals surface area contributed by atoms with E-state index in [1.54, 1.807) is 27.1 Å². The molecule has 1 aromatic carbocycles. The van der Waals surface area contributed by atoms with Crippen LogP contribution in [0.5, 0.6) is 0 Å². The van der Waals surface area contributed by atoms with Crippen molar-refractivity contribution in [1.82, 2.24) is 4.90 Å². The number of methoxy groups -OCH3 is 1.